The van der Waals surface area contributed by atoms with Crippen molar-refractivity contribution in [3.05, 3.63) is 52.8 Å². The first-order valence-corrected chi connectivity index (χ1v) is 8.03. The van der Waals surface area contributed by atoms with Crippen LogP contribution in [-0.4, -0.2) is 20.5 Å². The highest BCUT2D eigenvalue weighted by molar-refractivity contribution is 7.89. The second-order valence-electron chi connectivity index (χ2n) is 4.44. The van der Waals surface area contributed by atoms with Crippen LogP contribution in [0.4, 0.5) is 0 Å². The van der Waals surface area contributed by atoms with Crippen molar-refractivity contribution in [2.45, 2.75) is 18.4 Å². The van der Waals surface area contributed by atoms with Gasteiger partial charge in [0.1, 0.15) is 10.6 Å². The number of halogens is 1. The third-order valence-corrected chi connectivity index (χ3v) is 4.51. The second-order valence-corrected chi connectivity index (χ2v) is 6.61. The smallest absolute Gasteiger partial charge is 0.244 e. The van der Waals surface area contributed by atoms with Crippen molar-refractivity contribution in [2.24, 2.45) is 0 Å². The number of pyridine rings is 1. The molecule has 1 heterocycles. The fraction of sp³-hybridized carbons (Fsp3) is 0.214. The van der Waals surface area contributed by atoms with Gasteiger partial charge in [-0.1, -0.05) is 17.7 Å². The lowest BCUT2D eigenvalue weighted by atomic mass is 10.2. The van der Waals surface area contributed by atoms with Crippen molar-refractivity contribution in [3.8, 4) is 5.75 Å². The van der Waals surface area contributed by atoms with Gasteiger partial charge in [-0.05, 0) is 36.2 Å². The van der Waals surface area contributed by atoms with E-state index in [0.29, 0.717) is 10.6 Å². The number of sulfonamides is 1. The summed E-state index contributed by atoms with van der Waals surface area (Å²) in [4.78, 5) is 3.97. The van der Waals surface area contributed by atoms with Crippen molar-refractivity contribution in [1.29, 1.82) is 0 Å². The lowest BCUT2D eigenvalue weighted by Gasteiger charge is -2.13. The Morgan fingerprint density at radius 1 is 1.38 bits per heavy atom. The van der Waals surface area contributed by atoms with Gasteiger partial charge >= 0.3 is 0 Å². The molecule has 0 amide bonds. The summed E-state index contributed by atoms with van der Waals surface area (Å²) < 4.78 is 32.5. The van der Waals surface area contributed by atoms with Gasteiger partial charge in [0.2, 0.25) is 10.0 Å². The molecule has 0 unspecified atom stereocenters. The Labute approximate surface area is 129 Å². The Hall–Kier alpha value is -1.63. The number of hydrogen-bond acceptors (Lipinski definition) is 4. The first kappa shape index (κ1) is 15.8. The Bertz CT molecular complexity index is 733. The van der Waals surface area contributed by atoms with E-state index in [1.807, 2.05) is 0 Å². The highest BCUT2D eigenvalue weighted by atomic mass is 35.5. The van der Waals surface area contributed by atoms with E-state index < -0.39 is 10.0 Å². The zero-order chi connectivity index (χ0) is 15.5. The van der Waals surface area contributed by atoms with Gasteiger partial charge in [0.05, 0.1) is 7.11 Å². The maximum atomic E-state index is 12.4. The summed E-state index contributed by atoms with van der Waals surface area (Å²) in [5, 5.41) is 0.343. The number of nitrogens with one attached hydrogen (secondary N) is 1. The first-order valence-electron chi connectivity index (χ1n) is 6.17. The van der Waals surface area contributed by atoms with E-state index in [2.05, 4.69) is 9.71 Å². The molecule has 0 fully saturated rings. The summed E-state index contributed by atoms with van der Waals surface area (Å²) in [6, 6.07) is 6.56. The van der Waals surface area contributed by atoms with Crippen molar-refractivity contribution in [3.63, 3.8) is 0 Å². The van der Waals surface area contributed by atoms with Gasteiger partial charge in [-0.25, -0.2) is 13.1 Å². The second kappa shape index (κ2) is 6.43. The summed E-state index contributed by atoms with van der Waals surface area (Å²) in [5.41, 5.74) is 1.42. The molecule has 2 rings (SSSR count). The molecule has 0 bridgehead atoms. The molecule has 5 nitrogen and oxygen atoms in total. The molecule has 1 aromatic heterocycles. The average Bonchev–Trinajstić information content (AvgIpc) is 2.46. The molecular weight excluding hydrogens is 312 g/mol. The van der Waals surface area contributed by atoms with Crippen LogP contribution in [0.5, 0.6) is 5.75 Å². The summed E-state index contributed by atoms with van der Waals surface area (Å²) in [6.07, 6.45) is 3.23. The number of rotatable bonds is 5. The van der Waals surface area contributed by atoms with E-state index in [1.54, 1.807) is 37.5 Å². The minimum atomic E-state index is -3.73. The van der Waals surface area contributed by atoms with Crippen LogP contribution in [0.15, 0.2) is 41.6 Å². The average molecular weight is 327 g/mol. The van der Waals surface area contributed by atoms with E-state index in [-0.39, 0.29) is 17.2 Å². The monoisotopic (exact) mass is 326 g/mol. The molecule has 0 aliphatic carbocycles. The van der Waals surface area contributed by atoms with E-state index in [9.17, 15) is 8.42 Å². The van der Waals surface area contributed by atoms with Gasteiger partial charge in [-0.2, -0.15) is 0 Å². The number of benzene rings is 1. The van der Waals surface area contributed by atoms with Crippen LogP contribution in [-0.2, 0) is 16.6 Å². The van der Waals surface area contributed by atoms with Crippen LogP contribution in [0.25, 0.3) is 0 Å². The van der Waals surface area contributed by atoms with E-state index in [4.69, 9.17) is 16.3 Å². The lowest BCUT2D eigenvalue weighted by Crippen LogP contribution is -2.24. The third kappa shape index (κ3) is 3.72. The highest BCUT2D eigenvalue weighted by Gasteiger charge is 2.21. The summed E-state index contributed by atoms with van der Waals surface area (Å²) >= 11 is 5.94. The van der Waals surface area contributed by atoms with Crippen LogP contribution in [0, 0.1) is 6.92 Å². The molecule has 112 valence electrons. The molecule has 2 aromatic rings. The van der Waals surface area contributed by atoms with E-state index in [1.165, 1.54) is 13.2 Å². The minimum Gasteiger partial charge on any atom is -0.495 e. The minimum absolute atomic E-state index is 0.0268. The largest absolute Gasteiger partial charge is 0.495 e. The van der Waals surface area contributed by atoms with Crippen molar-refractivity contribution in [2.75, 3.05) is 7.11 Å². The van der Waals surface area contributed by atoms with Crippen molar-refractivity contribution >= 4 is 21.6 Å². The molecule has 0 aliphatic rings. The molecule has 0 atom stereocenters. The highest BCUT2D eigenvalue weighted by Crippen LogP contribution is 2.31. The van der Waals surface area contributed by atoms with Crippen molar-refractivity contribution in [1.82, 2.24) is 9.71 Å². The number of ether oxygens (including phenoxy) is 1. The van der Waals surface area contributed by atoms with Crippen LogP contribution in [0.2, 0.25) is 5.02 Å². The van der Waals surface area contributed by atoms with Crippen molar-refractivity contribution < 1.29 is 13.2 Å². The standard InChI is InChI=1S/C14H15ClN2O3S/c1-10-6-12(15)7-13(14(10)20-2)21(18,19)17-9-11-4-3-5-16-8-11/h3-8,17H,9H2,1-2H3. The maximum Gasteiger partial charge on any atom is 0.244 e. The van der Waals surface area contributed by atoms with Crippen LogP contribution >= 0.6 is 11.6 Å². The molecule has 0 spiro atoms. The van der Waals surface area contributed by atoms with E-state index >= 15 is 0 Å². The molecule has 0 saturated carbocycles. The fourth-order valence-corrected chi connectivity index (χ4v) is 3.54. The topological polar surface area (TPSA) is 68.3 Å². The van der Waals surface area contributed by atoms with Crippen LogP contribution in [0.3, 0.4) is 0 Å². The van der Waals surface area contributed by atoms with E-state index in [0.717, 1.165) is 5.56 Å². The van der Waals surface area contributed by atoms with Gasteiger partial charge in [0.25, 0.3) is 0 Å². The molecule has 0 aliphatic heterocycles. The quantitative estimate of drug-likeness (QED) is 0.916. The zero-order valence-corrected chi connectivity index (χ0v) is 13.2. The molecule has 21 heavy (non-hydrogen) atoms. The predicted octanol–water partition coefficient (Wildman–Crippen LogP) is 2.53. The molecule has 0 saturated heterocycles. The maximum absolute atomic E-state index is 12.4. The van der Waals surface area contributed by atoms with Crippen LogP contribution < -0.4 is 9.46 Å². The zero-order valence-electron chi connectivity index (χ0n) is 11.6. The number of aromatic nitrogens is 1. The Balaban J connectivity index is 2.32. The Morgan fingerprint density at radius 2 is 2.14 bits per heavy atom. The molecule has 1 aromatic carbocycles. The molecular formula is C14H15ClN2O3S. The molecule has 0 radical (unpaired) electrons. The van der Waals surface area contributed by atoms with Gasteiger partial charge in [0.15, 0.2) is 0 Å². The summed E-state index contributed by atoms with van der Waals surface area (Å²) in [6.45, 7) is 1.88. The molecule has 7 heteroatoms. The van der Waals surface area contributed by atoms with Gasteiger partial charge < -0.3 is 4.74 Å². The van der Waals surface area contributed by atoms with Gasteiger partial charge in [-0.3, -0.25) is 4.98 Å². The number of aryl methyl sites for hydroxylation is 1. The predicted molar refractivity (Wildman–Crippen MR) is 81.0 cm³/mol. The van der Waals surface area contributed by atoms with Gasteiger partial charge in [-0.15, -0.1) is 0 Å². The lowest BCUT2D eigenvalue weighted by molar-refractivity contribution is 0.399. The van der Waals surface area contributed by atoms with Crippen LogP contribution in [0.1, 0.15) is 11.1 Å². The Kier molecular flexibility index (Phi) is 4.82. The fourth-order valence-electron chi connectivity index (χ4n) is 1.92. The Morgan fingerprint density at radius 3 is 2.76 bits per heavy atom. The molecule has 1 N–H and O–H groups in total. The summed E-state index contributed by atoms with van der Waals surface area (Å²) in [5.74, 6) is 0.290. The number of hydrogen-bond donors (Lipinski definition) is 1. The SMILES string of the molecule is COc1c(C)cc(Cl)cc1S(=O)(=O)NCc1cccnc1. The first-order chi connectivity index (χ1) is 9.94. The van der Waals surface area contributed by atoms with Gasteiger partial charge in [0, 0.05) is 24.0 Å². The third-order valence-electron chi connectivity index (χ3n) is 2.89. The normalized spacial score (nSPS) is 11.4. The number of nitrogens with zero attached hydrogens (tertiary/aromatic N) is 1. The summed E-state index contributed by atoms with van der Waals surface area (Å²) in [7, 11) is -2.31. The number of methoxy groups -OCH3 is 1.